The lowest BCUT2D eigenvalue weighted by atomic mass is 9.83. The Labute approximate surface area is 262 Å². The number of hydrogen-bond acceptors (Lipinski definition) is 11. The molecule has 2 aliphatic heterocycles. The summed E-state index contributed by atoms with van der Waals surface area (Å²) in [7, 11) is -3.86. The summed E-state index contributed by atoms with van der Waals surface area (Å²) < 4.78 is 28.4. The van der Waals surface area contributed by atoms with Crippen molar-refractivity contribution in [2.24, 2.45) is 11.1 Å². The van der Waals surface area contributed by atoms with Crippen LogP contribution in [0.3, 0.4) is 0 Å². The summed E-state index contributed by atoms with van der Waals surface area (Å²) >= 11 is 2.07. The molecule has 2 aliphatic rings. The molecule has 1 fully saturated rings. The lowest BCUT2D eigenvalue weighted by Crippen LogP contribution is -2.32. The number of anilines is 2. The third kappa shape index (κ3) is 5.85. The van der Waals surface area contributed by atoms with E-state index in [1.807, 2.05) is 0 Å². The van der Waals surface area contributed by atoms with E-state index < -0.39 is 49.8 Å². The maximum atomic E-state index is 13.8. The van der Waals surface area contributed by atoms with Crippen molar-refractivity contribution in [3.63, 3.8) is 0 Å². The molecule has 0 radical (unpaired) electrons. The number of primary sulfonamides is 1. The number of carbonyl (C=O) groups excluding carboxylic acids is 3. The maximum absolute atomic E-state index is 13.8. The molecule has 3 amide bonds. The number of nitro benzene ring substituents is 1. The first-order valence-electron chi connectivity index (χ1n) is 13.1. The topological polar surface area (TPSA) is 212 Å². The Kier molecular flexibility index (Phi) is 7.77. The quantitative estimate of drug-likeness (QED) is 0.142. The number of carbonyl (C=O) groups is 3. The van der Waals surface area contributed by atoms with Gasteiger partial charge >= 0.3 is 4.87 Å². The summed E-state index contributed by atoms with van der Waals surface area (Å²) in [6, 6.07) is 17.0. The Bertz CT molecular complexity index is 2010. The number of non-ortho nitro benzene ring substituents is 1. The van der Waals surface area contributed by atoms with Crippen LogP contribution in [-0.2, 0) is 24.4 Å². The second-order valence-corrected chi connectivity index (χ2v) is 13.7. The number of nitro groups is 1. The molecule has 3 aromatic carbocycles. The number of benzene rings is 3. The minimum Gasteiger partial charge on any atom is -0.484 e. The van der Waals surface area contributed by atoms with Crippen molar-refractivity contribution in [3.05, 3.63) is 103 Å². The summed E-state index contributed by atoms with van der Waals surface area (Å²) in [6.07, 6.45) is 0. The van der Waals surface area contributed by atoms with Gasteiger partial charge in [0.1, 0.15) is 11.0 Å². The Morgan fingerprint density at radius 2 is 1.67 bits per heavy atom. The number of aromatic amines is 1. The van der Waals surface area contributed by atoms with Gasteiger partial charge in [-0.1, -0.05) is 35.2 Å². The number of hydrogen-bond donors (Lipinski definition) is 3. The fourth-order valence-electron chi connectivity index (χ4n) is 5.20. The van der Waals surface area contributed by atoms with E-state index in [1.54, 1.807) is 24.3 Å². The molecule has 3 atom stereocenters. The van der Waals surface area contributed by atoms with Gasteiger partial charge in [0.15, 0.2) is 6.61 Å². The van der Waals surface area contributed by atoms with Crippen molar-refractivity contribution in [1.29, 1.82) is 0 Å². The van der Waals surface area contributed by atoms with Crippen LogP contribution in [0.2, 0.25) is 0 Å². The number of imide groups is 1. The van der Waals surface area contributed by atoms with Gasteiger partial charge in [0, 0.05) is 28.6 Å². The molecule has 17 heteroatoms. The first-order chi connectivity index (χ1) is 21.4. The van der Waals surface area contributed by atoms with E-state index in [1.165, 1.54) is 48.5 Å². The predicted molar refractivity (Wildman–Crippen MR) is 164 cm³/mol. The van der Waals surface area contributed by atoms with E-state index in [4.69, 9.17) is 9.88 Å². The third-order valence-corrected chi connectivity index (χ3v) is 10.5. The minimum absolute atomic E-state index is 0.0959. The highest BCUT2D eigenvalue weighted by molar-refractivity contribution is 8.00. The van der Waals surface area contributed by atoms with Gasteiger partial charge in [-0.05, 0) is 54.1 Å². The van der Waals surface area contributed by atoms with Crippen LogP contribution >= 0.6 is 23.1 Å². The number of fused-ring (bicyclic) bond motifs is 2. The van der Waals surface area contributed by atoms with Gasteiger partial charge in [0.05, 0.1) is 26.5 Å². The highest BCUT2D eigenvalue weighted by Gasteiger charge is 2.56. The first-order valence-corrected chi connectivity index (χ1v) is 16.3. The van der Waals surface area contributed by atoms with Crippen molar-refractivity contribution in [3.8, 4) is 5.75 Å². The van der Waals surface area contributed by atoms with E-state index >= 15 is 0 Å². The SMILES string of the molecule is NS(=O)(=O)c1ccc(NC(=O)COc2ccc([C@H]3c4sc(=O)[nH]c4SC4C(=O)N(c5ccc([N+](=O)[O-])cc5)C(=O)C43)cc2)cc1. The van der Waals surface area contributed by atoms with Crippen molar-refractivity contribution < 1.29 is 32.5 Å². The Balaban J connectivity index is 1.20. The van der Waals surface area contributed by atoms with Crippen LogP contribution < -0.4 is 25.0 Å². The highest BCUT2D eigenvalue weighted by atomic mass is 32.2. The normalized spacial score (nSPS) is 19.1. The average molecular weight is 668 g/mol. The van der Waals surface area contributed by atoms with Crippen LogP contribution in [0.5, 0.6) is 5.75 Å². The number of sulfonamides is 1. The molecule has 0 aliphatic carbocycles. The summed E-state index contributed by atoms with van der Waals surface area (Å²) in [5.41, 5.74) is 1.01. The molecule has 0 saturated carbocycles. The van der Waals surface area contributed by atoms with Gasteiger partial charge in [-0.15, -0.1) is 0 Å². The van der Waals surface area contributed by atoms with Gasteiger partial charge in [-0.2, -0.15) is 0 Å². The zero-order valence-electron chi connectivity index (χ0n) is 22.7. The molecule has 0 bridgehead atoms. The second kappa shape index (κ2) is 11.6. The van der Waals surface area contributed by atoms with Gasteiger partial charge in [0.2, 0.25) is 21.8 Å². The minimum atomic E-state index is -3.86. The third-order valence-electron chi connectivity index (χ3n) is 7.22. The van der Waals surface area contributed by atoms with E-state index in [0.717, 1.165) is 28.0 Å². The van der Waals surface area contributed by atoms with Crippen LogP contribution in [0, 0.1) is 16.0 Å². The number of nitrogens with one attached hydrogen (secondary N) is 2. The standard InChI is InChI=1S/C28H21N5O9S3/c29-45(40,41)19-11-3-15(4-12-19)30-20(34)13-42-18-9-1-14(2-10-18)21-22-24(43-25-23(21)44-28(37)31-25)27(36)32(26(22)35)16-5-7-17(8-6-16)33(38)39/h1-12,21-22,24H,13H2,(H,30,34)(H,31,37)(H2,29,40,41)/t21-,22?,24?/m1/s1. The van der Waals surface area contributed by atoms with E-state index in [-0.39, 0.29) is 27.8 Å². The van der Waals surface area contributed by atoms with Crippen molar-refractivity contribution in [2.75, 3.05) is 16.8 Å². The first kappa shape index (κ1) is 30.2. The number of amides is 3. The molecule has 230 valence electrons. The second-order valence-electron chi connectivity index (χ2n) is 10.0. The lowest BCUT2D eigenvalue weighted by molar-refractivity contribution is -0.384. The molecular formula is C28H21N5O9S3. The van der Waals surface area contributed by atoms with Gasteiger partial charge in [-0.25, -0.2) is 18.5 Å². The smallest absolute Gasteiger partial charge is 0.305 e. The number of thiazole rings is 1. The summed E-state index contributed by atoms with van der Waals surface area (Å²) in [6.45, 7) is -0.359. The molecule has 6 rings (SSSR count). The Morgan fingerprint density at radius 1 is 1.00 bits per heavy atom. The van der Waals surface area contributed by atoms with Crippen LogP contribution in [0.1, 0.15) is 16.4 Å². The van der Waals surface area contributed by atoms with Gasteiger partial charge < -0.3 is 15.0 Å². The van der Waals surface area contributed by atoms with Gasteiger partial charge in [-0.3, -0.25) is 29.3 Å². The number of H-pyrrole nitrogens is 1. The lowest BCUT2D eigenvalue weighted by Gasteiger charge is -2.29. The number of rotatable bonds is 8. The maximum Gasteiger partial charge on any atom is 0.305 e. The van der Waals surface area contributed by atoms with E-state index in [0.29, 0.717) is 26.9 Å². The van der Waals surface area contributed by atoms with Crippen LogP contribution in [0.15, 0.2) is 87.5 Å². The van der Waals surface area contributed by atoms with Crippen LogP contribution in [0.4, 0.5) is 17.1 Å². The van der Waals surface area contributed by atoms with Crippen molar-refractivity contribution >= 4 is 67.9 Å². The number of nitrogens with two attached hydrogens (primary N) is 1. The molecule has 14 nitrogen and oxygen atoms in total. The molecule has 45 heavy (non-hydrogen) atoms. The molecule has 1 saturated heterocycles. The number of aromatic nitrogens is 1. The molecule has 4 aromatic rings. The largest absolute Gasteiger partial charge is 0.484 e. The van der Waals surface area contributed by atoms with E-state index in [2.05, 4.69) is 10.3 Å². The number of ether oxygens (including phenoxy) is 1. The zero-order chi connectivity index (χ0) is 32.0. The molecule has 2 unspecified atom stereocenters. The Morgan fingerprint density at radius 3 is 2.29 bits per heavy atom. The molecule has 1 aromatic heterocycles. The zero-order valence-corrected chi connectivity index (χ0v) is 25.2. The van der Waals surface area contributed by atoms with E-state index in [9.17, 15) is 37.7 Å². The molecule has 3 heterocycles. The van der Waals surface area contributed by atoms with Crippen LogP contribution in [-0.4, -0.2) is 47.9 Å². The Hall–Kier alpha value is -4.84. The molecule has 4 N–H and O–H groups in total. The average Bonchev–Trinajstić information content (AvgIpc) is 3.50. The summed E-state index contributed by atoms with van der Waals surface area (Å²) in [4.78, 5) is 66.5. The van der Waals surface area contributed by atoms with Crippen molar-refractivity contribution in [2.45, 2.75) is 21.1 Å². The summed E-state index contributed by atoms with van der Waals surface area (Å²) in [5, 5.41) is 18.4. The van der Waals surface area contributed by atoms with Crippen molar-refractivity contribution in [1.82, 2.24) is 4.98 Å². The summed E-state index contributed by atoms with van der Waals surface area (Å²) in [5.74, 6) is -2.64. The van der Waals surface area contributed by atoms with Gasteiger partial charge in [0.25, 0.3) is 11.6 Å². The molecule has 0 spiro atoms. The predicted octanol–water partition coefficient (Wildman–Crippen LogP) is 2.81. The number of thioether (sulfide) groups is 1. The highest BCUT2D eigenvalue weighted by Crippen LogP contribution is 2.53. The fourth-order valence-corrected chi connectivity index (χ4v) is 8.23. The number of nitrogens with zero attached hydrogens (tertiary/aromatic N) is 2. The fraction of sp³-hybridized carbons (Fsp3) is 0.143. The molecular weight excluding hydrogens is 647 g/mol. The monoisotopic (exact) mass is 667 g/mol. The van der Waals surface area contributed by atoms with Crippen LogP contribution in [0.25, 0.3) is 0 Å².